The zero-order chi connectivity index (χ0) is 48.5. The Morgan fingerprint density at radius 3 is 1.87 bits per heavy atom. The van der Waals surface area contributed by atoms with E-state index < -0.39 is 0 Å². The van der Waals surface area contributed by atoms with E-state index in [0.29, 0.717) is 6.67 Å². The number of fused-ring (bicyclic) bond motifs is 4. The van der Waals surface area contributed by atoms with Crippen molar-refractivity contribution < 1.29 is 9.13 Å². The predicted octanol–water partition coefficient (Wildman–Crippen LogP) is 17.8. The number of aromatic nitrogens is 2. The molecule has 0 saturated carbocycles. The molecule has 2 aromatic heterocycles. The predicted molar refractivity (Wildman–Crippen MR) is 288 cm³/mol. The third-order valence-electron chi connectivity index (χ3n) is 13.8. The van der Waals surface area contributed by atoms with Crippen molar-refractivity contribution in [2.45, 2.75) is 98.8 Å². The molecule has 10 rings (SSSR count). The van der Waals surface area contributed by atoms with Crippen molar-refractivity contribution in [3.05, 3.63) is 191 Å². The molecule has 0 aliphatic carbocycles. The Morgan fingerprint density at radius 1 is 0.551 bits per heavy atom. The zero-order valence-corrected chi connectivity index (χ0v) is 41.9. The van der Waals surface area contributed by atoms with Gasteiger partial charge in [0, 0.05) is 40.5 Å². The summed E-state index contributed by atoms with van der Waals surface area (Å²) in [5, 5.41) is 2.31. The van der Waals surface area contributed by atoms with E-state index in [9.17, 15) is 4.39 Å². The number of benzene rings is 7. The molecule has 0 saturated heterocycles. The van der Waals surface area contributed by atoms with Gasteiger partial charge >= 0.3 is 0 Å². The fourth-order valence-corrected chi connectivity index (χ4v) is 10.4. The molecule has 69 heavy (non-hydrogen) atoms. The van der Waals surface area contributed by atoms with E-state index in [2.05, 4.69) is 206 Å². The van der Waals surface area contributed by atoms with Gasteiger partial charge in [-0.3, -0.25) is 4.57 Å². The highest BCUT2D eigenvalue weighted by Crippen LogP contribution is 2.52. The molecule has 1 aliphatic heterocycles. The number of aryl methyl sites for hydroxylation is 1. The van der Waals surface area contributed by atoms with Crippen molar-refractivity contribution in [2.75, 3.05) is 16.5 Å². The second kappa shape index (κ2) is 17.4. The van der Waals surface area contributed by atoms with Crippen LogP contribution in [0.25, 0.3) is 49.9 Å². The second-order valence-electron chi connectivity index (χ2n) is 21.6. The molecule has 6 heteroatoms. The Bertz CT molecular complexity index is 3330. The summed E-state index contributed by atoms with van der Waals surface area (Å²) in [6.45, 7) is 25.8. The van der Waals surface area contributed by atoms with E-state index in [1.165, 1.54) is 50.1 Å². The molecule has 0 radical (unpaired) electrons. The van der Waals surface area contributed by atoms with Crippen LogP contribution in [0.2, 0.25) is 0 Å². The molecule has 0 N–H and O–H groups in total. The van der Waals surface area contributed by atoms with Gasteiger partial charge in [0.05, 0.1) is 22.4 Å². The van der Waals surface area contributed by atoms with Crippen LogP contribution in [-0.4, -0.2) is 16.2 Å². The largest absolute Gasteiger partial charge is 0.457 e. The molecule has 0 unspecified atom stereocenters. The van der Waals surface area contributed by atoms with Crippen LogP contribution >= 0.6 is 0 Å². The first kappa shape index (κ1) is 45.6. The average Bonchev–Trinajstić information content (AvgIpc) is 3.86. The van der Waals surface area contributed by atoms with Gasteiger partial charge in [-0.15, -0.1) is 0 Å². The van der Waals surface area contributed by atoms with Crippen LogP contribution in [0.1, 0.15) is 109 Å². The highest BCUT2D eigenvalue weighted by molar-refractivity contribution is 6.09. The molecular weight excluding hydrogens is 848 g/mol. The van der Waals surface area contributed by atoms with E-state index in [1.54, 1.807) is 12.1 Å². The summed E-state index contributed by atoms with van der Waals surface area (Å²) in [4.78, 5) is 9.79. The van der Waals surface area contributed by atoms with Gasteiger partial charge in [0.15, 0.2) is 0 Å². The summed E-state index contributed by atoms with van der Waals surface area (Å²) in [7, 11) is 0. The van der Waals surface area contributed by atoms with Crippen LogP contribution in [0.5, 0.6) is 11.5 Å². The molecule has 5 nitrogen and oxygen atoms in total. The summed E-state index contributed by atoms with van der Waals surface area (Å²) >= 11 is 0. The van der Waals surface area contributed by atoms with Gasteiger partial charge in [0.25, 0.3) is 0 Å². The van der Waals surface area contributed by atoms with E-state index in [-0.39, 0.29) is 28.5 Å². The van der Waals surface area contributed by atoms with Crippen LogP contribution < -0.4 is 14.5 Å². The number of pyridine rings is 1. The number of para-hydroxylation sites is 1. The number of nitrogens with zero attached hydrogens (tertiary/aromatic N) is 4. The topological polar surface area (TPSA) is 33.5 Å². The number of hydrogen-bond acceptors (Lipinski definition) is 4. The lowest BCUT2D eigenvalue weighted by atomic mass is 9.74. The zero-order valence-electron chi connectivity index (χ0n) is 41.9. The molecule has 0 spiro atoms. The highest BCUT2D eigenvalue weighted by Gasteiger charge is 2.34. The minimum absolute atomic E-state index is 0.132. The first-order valence-electron chi connectivity index (χ1n) is 24.5. The van der Waals surface area contributed by atoms with Crippen LogP contribution in [0, 0.1) is 12.7 Å². The van der Waals surface area contributed by atoms with Crippen molar-refractivity contribution in [3.63, 3.8) is 0 Å². The minimum Gasteiger partial charge on any atom is -0.457 e. The molecular formula is C63H63FN4O. The Kier molecular flexibility index (Phi) is 11.5. The highest BCUT2D eigenvalue weighted by atomic mass is 19.1. The minimum atomic E-state index is -0.229. The third kappa shape index (κ3) is 8.45. The standard InChI is InChI=1S/C63H63FN4O/c1-39(2)51-34-43(42-23-25-45(64)26-24-42)35-52(40(3)4)61(51)67-38-66(56-29-22-41(5)31-58(56)67)46-32-44(60-53(62(6,7)8)18-16-19-54(60)63(9,10)11)33-48(36-46)69-47-27-28-50-49-17-12-13-20-55(49)68(57(50)37-47)59-21-14-15-30-65-59/h12-37,39-40H,38H2,1-11H3. The van der Waals surface area contributed by atoms with Crippen molar-refractivity contribution in [3.8, 4) is 39.6 Å². The molecule has 0 fully saturated rings. The van der Waals surface area contributed by atoms with Gasteiger partial charge in [-0.25, -0.2) is 9.37 Å². The van der Waals surface area contributed by atoms with Gasteiger partial charge in [-0.2, -0.15) is 0 Å². The Labute approximate surface area is 407 Å². The van der Waals surface area contributed by atoms with Gasteiger partial charge in [0.1, 0.15) is 29.8 Å². The molecule has 7 aromatic carbocycles. The summed E-state index contributed by atoms with van der Waals surface area (Å²) in [5.41, 5.74) is 17.2. The van der Waals surface area contributed by atoms with E-state index in [0.717, 1.165) is 61.8 Å². The average molecular weight is 911 g/mol. The molecule has 0 bridgehead atoms. The third-order valence-corrected chi connectivity index (χ3v) is 13.8. The first-order valence-corrected chi connectivity index (χ1v) is 24.5. The Balaban J connectivity index is 1.17. The van der Waals surface area contributed by atoms with Crippen molar-refractivity contribution in [2.24, 2.45) is 0 Å². The SMILES string of the molecule is Cc1ccc2c(c1)N(c1c(C(C)C)cc(-c3ccc(F)cc3)cc1C(C)C)CN2c1cc(Oc2ccc3c4ccccc4n(-c4ccccn4)c3c2)cc(-c2c(C(C)(C)C)cccc2C(C)(C)C)c1. The van der Waals surface area contributed by atoms with Gasteiger partial charge in [0.2, 0.25) is 0 Å². The molecule has 3 heterocycles. The quantitative estimate of drug-likeness (QED) is 0.144. The lowest BCUT2D eigenvalue weighted by molar-refractivity contribution is 0.483. The molecule has 0 amide bonds. The van der Waals surface area contributed by atoms with Gasteiger partial charge in [-0.1, -0.05) is 130 Å². The lowest BCUT2D eigenvalue weighted by Crippen LogP contribution is -2.26. The normalized spacial score (nSPS) is 13.1. The molecule has 1 aliphatic rings. The van der Waals surface area contributed by atoms with Crippen LogP contribution in [0.3, 0.4) is 0 Å². The maximum absolute atomic E-state index is 14.2. The van der Waals surface area contributed by atoms with Crippen molar-refractivity contribution in [1.82, 2.24) is 9.55 Å². The summed E-state index contributed by atoms with van der Waals surface area (Å²) in [6, 6.07) is 53.1. The molecule has 9 aromatic rings. The monoisotopic (exact) mass is 910 g/mol. The summed E-state index contributed by atoms with van der Waals surface area (Å²) in [5.74, 6) is 2.58. The van der Waals surface area contributed by atoms with E-state index in [1.807, 2.05) is 30.5 Å². The fraction of sp³-hybridized carbons (Fsp3) is 0.254. The van der Waals surface area contributed by atoms with E-state index >= 15 is 0 Å². The number of rotatable bonds is 9. The van der Waals surface area contributed by atoms with Gasteiger partial charge in [-0.05, 0) is 159 Å². The fourth-order valence-electron chi connectivity index (χ4n) is 10.4. The van der Waals surface area contributed by atoms with E-state index in [4.69, 9.17) is 9.72 Å². The van der Waals surface area contributed by atoms with Crippen LogP contribution in [-0.2, 0) is 10.8 Å². The molecule has 348 valence electrons. The number of ether oxygens (including phenoxy) is 1. The number of anilines is 4. The smallest absolute Gasteiger partial charge is 0.137 e. The van der Waals surface area contributed by atoms with Crippen molar-refractivity contribution in [1.29, 1.82) is 0 Å². The maximum atomic E-state index is 14.2. The van der Waals surface area contributed by atoms with Gasteiger partial charge < -0.3 is 14.5 Å². The van der Waals surface area contributed by atoms with Crippen LogP contribution in [0.15, 0.2) is 158 Å². The number of halogens is 1. The summed E-state index contributed by atoms with van der Waals surface area (Å²) < 4.78 is 23.6. The number of hydrogen-bond donors (Lipinski definition) is 0. The lowest BCUT2D eigenvalue weighted by Gasteiger charge is -2.31. The summed E-state index contributed by atoms with van der Waals surface area (Å²) in [6.07, 6.45) is 1.85. The van der Waals surface area contributed by atoms with Crippen molar-refractivity contribution >= 4 is 44.6 Å². The molecule has 0 atom stereocenters. The first-order chi connectivity index (χ1) is 32.9. The Morgan fingerprint density at radius 2 is 1.22 bits per heavy atom. The van der Waals surface area contributed by atoms with Crippen LogP contribution in [0.4, 0.5) is 27.1 Å². The Hall–Kier alpha value is -7.18. The maximum Gasteiger partial charge on any atom is 0.137 e. The second-order valence-corrected chi connectivity index (χ2v) is 21.6.